The Kier molecular flexibility index (Phi) is 8.19. The molecule has 27 heavy (non-hydrogen) atoms. The van der Waals surface area contributed by atoms with Gasteiger partial charge in [0.1, 0.15) is 5.78 Å². The second kappa shape index (κ2) is 10.4. The summed E-state index contributed by atoms with van der Waals surface area (Å²) in [5.41, 5.74) is 2.16. The zero-order valence-electron chi connectivity index (χ0n) is 16.1. The maximum Gasteiger partial charge on any atom is 0.309 e. The summed E-state index contributed by atoms with van der Waals surface area (Å²) in [5, 5.41) is 0. The molecule has 1 spiro atoms. The summed E-state index contributed by atoms with van der Waals surface area (Å²) in [5.74, 6) is -0.538. The summed E-state index contributed by atoms with van der Waals surface area (Å²) in [6.45, 7) is 1.36. The molecule has 0 aromatic rings. The van der Waals surface area contributed by atoms with E-state index in [9.17, 15) is 14.4 Å². The Morgan fingerprint density at radius 1 is 0.963 bits per heavy atom. The predicted molar refractivity (Wildman–Crippen MR) is 96.8 cm³/mol. The van der Waals surface area contributed by atoms with Crippen LogP contribution in [0.3, 0.4) is 0 Å². The van der Waals surface area contributed by atoms with Gasteiger partial charge in [-0.05, 0) is 12.8 Å². The Morgan fingerprint density at radius 3 is 2.00 bits per heavy atom. The van der Waals surface area contributed by atoms with Gasteiger partial charge in [0.2, 0.25) is 0 Å². The van der Waals surface area contributed by atoms with E-state index in [4.69, 9.17) is 9.47 Å². The van der Waals surface area contributed by atoms with Gasteiger partial charge in [-0.2, -0.15) is 0 Å². The average Bonchev–Trinajstić information content (AvgIpc) is 3.14. The number of carbonyl (C=O) groups excluding carboxylic acids is 3. The highest BCUT2D eigenvalue weighted by molar-refractivity contribution is 5.82. The van der Waals surface area contributed by atoms with Crippen LogP contribution in [0, 0.1) is 0 Å². The first-order chi connectivity index (χ1) is 13.0. The number of Topliss-reactive ketones (excluding diaryl/α,β-unsaturated/α-hetero) is 1. The summed E-state index contributed by atoms with van der Waals surface area (Å²) in [4.78, 5) is 32.7. The van der Waals surface area contributed by atoms with Crippen LogP contribution in [0.5, 0.6) is 0 Å². The second-order valence-electron chi connectivity index (χ2n) is 6.79. The van der Waals surface area contributed by atoms with Gasteiger partial charge >= 0.3 is 11.9 Å². The first-order valence-corrected chi connectivity index (χ1v) is 9.25. The molecule has 2 aliphatic carbocycles. The summed E-state index contributed by atoms with van der Waals surface area (Å²) in [6.07, 6.45) is 8.83. The van der Waals surface area contributed by atoms with Gasteiger partial charge in [0.15, 0.2) is 5.79 Å². The summed E-state index contributed by atoms with van der Waals surface area (Å²) in [6, 6.07) is 0. The Labute approximate surface area is 159 Å². The number of rotatable bonds is 4. The lowest BCUT2D eigenvalue weighted by Gasteiger charge is -2.30. The second-order valence-corrected chi connectivity index (χ2v) is 6.79. The molecule has 0 radical (unpaired) electrons. The Bertz CT molecular complexity index is 612. The topological polar surface area (TPSA) is 88.1 Å². The van der Waals surface area contributed by atoms with Crippen LogP contribution in [0.15, 0.2) is 23.3 Å². The number of carbonyl (C=O) groups is 3. The number of hydrogen-bond donors (Lipinski definition) is 0. The lowest BCUT2D eigenvalue weighted by atomic mass is 9.92. The summed E-state index contributed by atoms with van der Waals surface area (Å²) in [7, 11) is 2.78. The van der Waals surface area contributed by atoms with E-state index in [2.05, 4.69) is 9.47 Å². The highest BCUT2D eigenvalue weighted by Gasteiger charge is 2.37. The normalized spacial score (nSPS) is 20.9. The van der Waals surface area contributed by atoms with Gasteiger partial charge in [-0.3, -0.25) is 14.4 Å². The molecule has 150 valence electrons. The smallest absolute Gasteiger partial charge is 0.309 e. The number of ether oxygens (including phenoxy) is 4. The van der Waals surface area contributed by atoms with Gasteiger partial charge in [0.05, 0.1) is 40.3 Å². The van der Waals surface area contributed by atoms with Crippen LogP contribution in [0.2, 0.25) is 0 Å². The standard InChI is InChI=1S/C11H16O4.C9H12O3/c1-13-10(12)8-9-2-4-11(5-3-9)14-6-7-15-11;1-12-9(11)6-7-2-4-8(10)5-3-7/h2H,3-8H2,1H3;2H,3-6H2,1H3. The number of methoxy groups -OCH3 is 2. The van der Waals surface area contributed by atoms with E-state index in [-0.39, 0.29) is 23.5 Å². The molecule has 0 unspecified atom stereocenters. The molecule has 0 bridgehead atoms. The van der Waals surface area contributed by atoms with Crippen molar-refractivity contribution in [2.24, 2.45) is 0 Å². The fourth-order valence-corrected chi connectivity index (χ4v) is 3.21. The van der Waals surface area contributed by atoms with E-state index >= 15 is 0 Å². The molecule has 0 atom stereocenters. The van der Waals surface area contributed by atoms with Crippen molar-refractivity contribution in [2.75, 3.05) is 27.4 Å². The van der Waals surface area contributed by atoms with Crippen molar-refractivity contribution in [2.45, 2.75) is 57.2 Å². The Hall–Kier alpha value is -1.99. The number of allylic oxidation sites excluding steroid dienone is 1. The van der Waals surface area contributed by atoms with Gasteiger partial charge in [-0.15, -0.1) is 0 Å². The van der Waals surface area contributed by atoms with E-state index < -0.39 is 0 Å². The molecule has 1 fully saturated rings. The van der Waals surface area contributed by atoms with Crippen molar-refractivity contribution in [3.8, 4) is 0 Å². The molecule has 1 aliphatic heterocycles. The highest BCUT2D eigenvalue weighted by atomic mass is 16.7. The molecule has 0 N–H and O–H groups in total. The summed E-state index contributed by atoms with van der Waals surface area (Å²) >= 11 is 0. The number of hydrogen-bond acceptors (Lipinski definition) is 7. The maximum absolute atomic E-state index is 11.1. The highest BCUT2D eigenvalue weighted by Crippen LogP contribution is 2.35. The number of ketones is 1. The van der Waals surface area contributed by atoms with Crippen molar-refractivity contribution in [1.29, 1.82) is 0 Å². The van der Waals surface area contributed by atoms with Crippen molar-refractivity contribution in [3.05, 3.63) is 23.3 Å². The molecule has 0 saturated carbocycles. The SMILES string of the molecule is COC(=O)CC1=CCC(=O)CC1.COC(=O)CC1=CCC2(CC1)OCCO2. The van der Waals surface area contributed by atoms with Crippen LogP contribution in [0.1, 0.15) is 51.4 Å². The lowest BCUT2D eigenvalue weighted by molar-refractivity contribution is -0.162. The average molecular weight is 380 g/mol. The minimum Gasteiger partial charge on any atom is -0.469 e. The third-order valence-electron chi connectivity index (χ3n) is 4.88. The van der Waals surface area contributed by atoms with Gasteiger partial charge in [-0.1, -0.05) is 23.3 Å². The van der Waals surface area contributed by atoms with Gasteiger partial charge < -0.3 is 18.9 Å². The third-order valence-corrected chi connectivity index (χ3v) is 4.88. The zero-order valence-corrected chi connectivity index (χ0v) is 16.1. The van der Waals surface area contributed by atoms with Crippen LogP contribution < -0.4 is 0 Å². The maximum atomic E-state index is 11.1. The molecule has 0 aromatic carbocycles. The minimum absolute atomic E-state index is 0.176. The van der Waals surface area contributed by atoms with Crippen LogP contribution in [0.25, 0.3) is 0 Å². The fraction of sp³-hybridized carbons (Fsp3) is 0.650. The number of esters is 2. The van der Waals surface area contributed by atoms with E-state index in [1.807, 2.05) is 12.2 Å². The van der Waals surface area contributed by atoms with Crippen LogP contribution in [-0.2, 0) is 33.3 Å². The Balaban J connectivity index is 0.000000199. The third kappa shape index (κ3) is 6.92. The lowest BCUT2D eigenvalue weighted by Crippen LogP contribution is -2.31. The van der Waals surface area contributed by atoms with Crippen molar-refractivity contribution >= 4 is 17.7 Å². The fourth-order valence-electron chi connectivity index (χ4n) is 3.21. The van der Waals surface area contributed by atoms with E-state index in [1.165, 1.54) is 14.2 Å². The predicted octanol–water partition coefficient (Wildman–Crippen LogP) is 2.63. The first kappa shape index (κ1) is 21.3. The van der Waals surface area contributed by atoms with E-state index in [0.717, 1.165) is 30.4 Å². The molecule has 0 aromatic heterocycles. The monoisotopic (exact) mass is 380 g/mol. The first-order valence-electron chi connectivity index (χ1n) is 9.25. The minimum atomic E-state index is -0.389. The Morgan fingerprint density at radius 2 is 1.56 bits per heavy atom. The van der Waals surface area contributed by atoms with Crippen LogP contribution >= 0.6 is 0 Å². The largest absolute Gasteiger partial charge is 0.469 e. The molecule has 3 aliphatic rings. The molecule has 0 amide bonds. The molecular weight excluding hydrogens is 352 g/mol. The quantitative estimate of drug-likeness (QED) is 0.547. The summed E-state index contributed by atoms with van der Waals surface area (Å²) < 4.78 is 20.3. The van der Waals surface area contributed by atoms with Crippen LogP contribution in [0.4, 0.5) is 0 Å². The molecular formula is C20H28O7. The molecule has 7 heteroatoms. The van der Waals surface area contributed by atoms with Crippen molar-refractivity contribution < 1.29 is 33.3 Å². The van der Waals surface area contributed by atoms with Crippen molar-refractivity contribution in [1.82, 2.24) is 0 Å². The van der Waals surface area contributed by atoms with E-state index in [1.54, 1.807) is 0 Å². The van der Waals surface area contributed by atoms with E-state index in [0.29, 0.717) is 45.3 Å². The molecule has 3 rings (SSSR count). The molecule has 7 nitrogen and oxygen atoms in total. The van der Waals surface area contributed by atoms with Gasteiger partial charge in [0, 0.05) is 25.7 Å². The zero-order chi connectivity index (χ0) is 19.7. The van der Waals surface area contributed by atoms with Gasteiger partial charge in [0.25, 0.3) is 0 Å². The molecule has 1 saturated heterocycles. The van der Waals surface area contributed by atoms with Crippen LogP contribution in [-0.4, -0.2) is 50.9 Å². The van der Waals surface area contributed by atoms with Gasteiger partial charge in [-0.25, -0.2) is 0 Å². The van der Waals surface area contributed by atoms with Crippen molar-refractivity contribution in [3.63, 3.8) is 0 Å². The molecule has 1 heterocycles.